The van der Waals surface area contributed by atoms with Crippen LogP contribution in [0.2, 0.25) is 0 Å². The summed E-state index contributed by atoms with van der Waals surface area (Å²) in [4.78, 5) is 11.7. The summed E-state index contributed by atoms with van der Waals surface area (Å²) in [7, 11) is 1.93. The fourth-order valence-electron chi connectivity index (χ4n) is 1.63. The van der Waals surface area contributed by atoms with E-state index in [9.17, 15) is 4.79 Å². The van der Waals surface area contributed by atoms with Gasteiger partial charge in [0.25, 0.3) is 5.91 Å². The van der Waals surface area contributed by atoms with Gasteiger partial charge in [-0.25, -0.2) is 0 Å². The van der Waals surface area contributed by atoms with Crippen LogP contribution in [0.1, 0.15) is 39.3 Å². The lowest BCUT2D eigenvalue weighted by atomic mass is 10.1. The first-order valence-corrected chi connectivity index (χ1v) is 7.13. The molecular weight excluding hydrogens is 252 g/mol. The average Bonchev–Trinajstić information content (AvgIpc) is 2.44. The molecule has 1 amide bonds. The summed E-state index contributed by atoms with van der Waals surface area (Å²) in [6, 6.07) is 8.25. The number of benzene rings is 1. The number of carbonyl (C=O) groups is 1. The molecule has 0 heterocycles. The first-order valence-electron chi connectivity index (χ1n) is 7.13. The van der Waals surface area contributed by atoms with Gasteiger partial charge >= 0.3 is 0 Å². The van der Waals surface area contributed by atoms with Crippen molar-refractivity contribution in [1.82, 2.24) is 10.6 Å². The van der Waals surface area contributed by atoms with Gasteiger partial charge in [0.05, 0.1) is 0 Å². The van der Waals surface area contributed by atoms with E-state index >= 15 is 0 Å². The Kier molecular flexibility index (Phi) is 6.52. The molecule has 0 fully saturated rings. The molecule has 20 heavy (non-hydrogen) atoms. The zero-order chi connectivity index (χ0) is 15.1. The minimum Gasteiger partial charge on any atom is -0.484 e. The summed E-state index contributed by atoms with van der Waals surface area (Å²) in [5.74, 6) is 1.05. The van der Waals surface area contributed by atoms with Gasteiger partial charge in [0.1, 0.15) is 5.75 Å². The SMILES string of the molecule is CNC(C)c1ccc(OCC(=O)NC(C)C(C)C)cc1. The quantitative estimate of drug-likeness (QED) is 0.805. The second-order valence-electron chi connectivity index (χ2n) is 5.47. The lowest BCUT2D eigenvalue weighted by Gasteiger charge is -2.17. The van der Waals surface area contributed by atoms with Crippen molar-refractivity contribution < 1.29 is 9.53 Å². The molecule has 0 aliphatic heterocycles. The van der Waals surface area contributed by atoms with E-state index in [0.717, 1.165) is 0 Å². The van der Waals surface area contributed by atoms with Crippen LogP contribution in [0.5, 0.6) is 5.75 Å². The van der Waals surface area contributed by atoms with Crippen molar-refractivity contribution in [3.05, 3.63) is 29.8 Å². The van der Waals surface area contributed by atoms with Crippen molar-refractivity contribution in [2.75, 3.05) is 13.7 Å². The summed E-state index contributed by atoms with van der Waals surface area (Å²) in [5, 5.41) is 6.09. The van der Waals surface area contributed by atoms with Gasteiger partial charge in [-0.2, -0.15) is 0 Å². The molecule has 0 aliphatic carbocycles. The average molecular weight is 278 g/mol. The van der Waals surface area contributed by atoms with Crippen molar-refractivity contribution in [2.24, 2.45) is 5.92 Å². The van der Waals surface area contributed by atoms with Gasteiger partial charge in [0, 0.05) is 12.1 Å². The third-order valence-electron chi connectivity index (χ3n) is 3.57. The minimum absolute atomic E-state index is 0.0536. The monoisotopic (exact) mass is 278 g/mol. The number of hydrogen-bond donors (Lipinski definition) is 2. The van der Waals surface area contributed by atoms with Gasteiger partial charge in [-0.1, -0.05) is 26.0 Å². The number of amides is 1. The number of carbonyl (C=O) groups excluding carboxylic acids is 1. The molecule has 0 radical (unpaired) electrons. The second kappa shape index (κ2) is 7.90. The summed E-state index contributed by atoms with van der Waals surface area (Å²) in [6.45, 7) is 8.30. The summed E-state index contributed by atoms with van der Waals surface area (Å²) < 4.78 is 5.48. The Morgan fingerprint density at radius 3 is 2.25 bits per heavy atom. The summed E-state index contributed by atoms with van der Waals surface area (Å²) in [5.41, 5.74) is 1.19. The van der Waals surface area contributed by atoms with Crippen LogP contribution >= 0.6 is 0 Å². The van der Waals surface area contributed by atoms with E-state index in [1.165, 1.54) is 5.56 Å². The van der Waals surface area contributed by atoms with Gasteiger partial charge in [-0.15, -0.1) is 0 Å². The Bertz CT molecular complexity index is 415. The Morgan fingerprint density at radius 1 is 1.15 bits per heavy atom. The van der Waals surface area contributed by atoms with Gasteiger partial charge in [-0.05, 0) is 44.5 Å². The zero-order valence-corrected chi connectivity index (χ0v) is 13.1. The van der Waals surface area contributed by atoms with Crippen molar-refractivity contribution in [3.8, 4) is 5.75 Å². The van der Waals surface area contributed by atoms with Crippen LogP contribution in [0.15, 0.2) is 24.3 Å². The van der Waals surface area contributed by atoms with Crippen LogP contribution in [0.25, 0.3) is 0 Å². The number of ether oxygens (including phenoxy) is 1. The van der Waals surface area contributed by atoms with Crippen LogP contribution < -0.4 is 15.4 Å². The highest BCUT2D eigenvalue weighted by Gasteiger charge is 2.11. The van der Waals surface area contributed by atoms with Crippen LogP contribution in [0, 0.1) is 5.92 Å². The molecule has 0 saturated heterocycles. The molecule has 0 aliphatic rings. The molecule has 1 rings (SSSR count). The van der Waals surface area contributed by atoms with Crippen molar-refractivity contribution >= 4 is 5.91 Å². The molecule has 4 heteroatoms. The fraction of sp³-hybridized carbons (Fsp3) is 0.562. The van der Waals surface area contributed by atoms with Gasteiger partial charge in [-0.3, -0.25) is 4.79 Å². The Hall–Kier alpha value is -1.55. The van der Waals surface area contributed by atoms with Crippen molar-refractivity contribution in [1.29, 1.82) is 0 Å². The molecule has 0 spiro atoms. The third kappa shape index (κ3) is 5.21. The first-order chi connectivity index (χ1) is 9.43. The molecule has 0 aromatic heterocycles. The van der Waals surface area contributed by atoms with Crippen LogP contribution in [-0.4, -0.2) is 25.6 Å². The van der Waals surface area contributed by atoms with E-state index in [-0.39, 0.29) is 18.6 Å². The van der Waals surface area contributed by atoms with Crippen LogP contribution in [0.3, 0.4) is 0 Å². The Balaban J connectivity index is 2.44. The highest BCUT2D eigenvalue weighted by atomic mass is 16.5. The maximum absolute atomic E-state index is 11.7. The number of nitrogens with one attached hydrogen (secondary N) is 2. The van der Waals surface area contributed by atoms with E-state index in [1.54, 1.807) is 0 Å². The third-order valence-corrected chi connectivity index (χ3v) is 3.57. The summed E-state index contributed by atoms with van der Waals surface area (Å²) >= 11 is 0. The fourth-order valence-corrected chi connectivity index (χ4v) is 1.63. The lowest BCUT2D eigenvalue weighted by Crippen LogP contribution is -2.38. The predicted octanol–water partition coefficient (Wildman–Crippen LogP) is 2.51. The smallest absolute Gasteiger partial charge is 0.258 e. The molecule has 2 N–H and O–H groups in total. The molecule has 2 atom stereocenters. The molecule has 4 nitrogen and oxygen atoms in total. The highest BCUT2D eigenvalue weighted by Crippen LogP contribution is 2.17. The van der Waals surface area contributed by atoms with Gasteiger partial charge in [0.2, 0.25) is 0 Å². The standard InChI is InChI=1S/C16H26N2O2/c1-11(2)12(3)18-16(19)10-20-15-8-6-14(7-9-15)13(4)17-5/h6-9,11-13,17H,10H2,1-5H3,(H,18,19). The zero-order valence-electron chi connectivity index (χ0n) is 13.1. The van der Waals surface area contributed by atoms with E-state index in [2.05, 4.69) is 31.4 Å². The number of rotatable bonds is 7. The summed E-state index contributed by atoms with van der Waals surface area (Å²) in [6.07, 6.45) is 0. The first kappa shape index (κ1) is 16.5. The van der Waals surface area contributed by atoms with E-state index in [1.807, 2.05) is 38.2 Å². The molecule has 112 valence electrons. The van der Waals surface area contributed by atoms with Gasteiger partial charge in [0.15, 0.2) is 6.61 Å². The largest absolute Gasteiger partial charge is 0.484 e. The molecule has 1 aromatic carbocycles. The predicted molar refractivity (Wildman–Crippen MR) is 81.9 cm³/mol. The van der Waals surface area contributed by atoms with Crippen molar-refractivity contribution in [3.63, 3.8) is 0 Å². The van der Waals surface area contributed by atoms with Crippen molar-refractivity contribution in [2.45, 2.75) is 39.8 Å². The van der Waals surface area contributed by atoms with E-state index in [4.69, 9.17) is 4.74 Å². The van der Waals surface area contributed by atoms with Gasteiger partial charge < -0.3 is 15.4 Å². The molecule has 1 aromatic rings. The minimum atomic E-state index is -0.0844. The molecular formula is C16H26N2O2. The second-order valence-corrected chi connectivity index (χ2v) is 5.47. The topological polar surface area (TPSA) is 50.4 Å². The number of hydrogen-bond acceptors (Lipinski definition) is 3. The Labute approximate surface area is 121 Å². The van der Waals surface area contributed by atoms with E-state index in [0.29, 0.717) is 17.7 Å². The maximum atomic E-state index is 11.7. The Morgan fingerprint density at radius 2 is 1.75 bits per heavy atom. The lowest BCUT2D eigenvalue weighted by molar-refractivity contribution is -0.124. The van der Waals surface area contributed by atoms with E-state index < -0.39 is 0 Å². The molecule has 0 bridgehead atoms. The molecule has 2 unspecified atom stereocenters. The van der Waals surface area contributed by atoms with Crippen LogP contribution in [-0.2, 0) is 4.79 Å². The highest BCUT2D eigenvalue weighted by molar-refractivity contribution is 5.77. The molecule has 0 saturated carbocycles. The van der Waals surface area contributed by atoms with Crippen LogP contribution in [0.4, 0.5) is 0 Å². The maximum Gasteiger partial charge on any atom is 0.258 e. The normalized spacial score (nSPS) is 13.9.